The van der Waals surface area contributed by atoms with E-state index in [1.807, 2.05) is 60.7 Å². The molecule has 2 aromatic carbocycles. The molecule has 0 spiro atoms. The average Bonchev–Trinajstić information content (AvgIpc) is 3.37. The van der Waals surface area contributed by atoms with E-state index < -0.39 is 0 Å². The molecular weight excluding hydrogens is 366 g/mol. The lowest BCUT2D eigenvalue weighted by molar-refractivity contribution is -0.113. The summed E-state index contributed by atoms with van der Waals surface area (Å²) in [5, 5.41) is 18.5. The zero-order valence-electron chi connectivity index (χ0n) is 13.9. The van der Waals surface area contributed by atoms with Crippen molar-refractivity contribution in [1.82, 2.24) is 20.4 Å². The highest BCUT2D eigenvalue weighted by atomic mass is 32.2. The Balaban J connectivity index is 1.33. The van der Waals surface area contributed by atoms with Gasteiger partial charge in [0.2, 0.25) is 17.7 Å². The van der Waals surface area contributed by atoms with Crippen LogP contribution in [0.2, 0.25) is 0 Å². The zero-order valence-corrected chi connectivity index (χ0v) is 14.7. The highest BCUT2D eigenvalue weighted by Crippen LogP contribution is 2.23. The molecule has 0 unspecified atom stereocenters. The molecule has 0 atom stereocenters. The number of rotatable bonds is 6. The molecule has 9 heteroatoms. The fraction of sp³-hybridized carbons (Fsp3) is 0.0556. The Labute approximate surface area is 158 Å². The largest absolute Gasteiger partial charge is 0.411 e. The molecule has 27 heavy (non-hydrogen) atoms. The van der Waals surface area contributed by atoms with Crippen LogP contribution in [0.3, 0.4) is 0 Å². The first-order valence-corrected chi connectivity index (χ1v) is 8.97. The van der Waals surface area contributed by atoms with Crippen molar-refractivity contribution in [3.05, 3.63) is 60.7 Å². The molecule has 134 valence electrons. The van der Waals surface area contributed by atoms with Gasteiger partial charge in [-0.3, -0.25) is 10.1 Å². The van der Waals surface area contributed by atoms with Crippen LogP contribution in [0.5, 0.6) is 0 Å². The van der Waals surface area contributed by atoms with Crippen LogP contribution in [0.25, 0.3) is 22.9 Å². The smallest absolute Gasteiger partial charge is 0.322 e. The van der Waals surface area contributed by atoms with Gasteiger partial charge in [0.05, 0.1) is 5.75 Å². The highest BCUT2D eigenvalue weighted by Gasteiger charge is 2.14. The predicted octanol–water partition coefficient (Wildman–Crippen LogP) is 3.52. The Bertz CT molecular complexity index is 1030. The van der Waals surface area contributed by atoms with Crippen LogP contribution in [-0.4, -0.2) is 32.1 Å². The summed E-state index contributed by atoms with van der Waals surface area (Å²) >= 11 is 1.12. The van der Waals surface area contributed by atoms with Crippen LogP contribution in [0.1, 0.15) is 0 Å². The molecule has 0 fully saturated rings. The molecule has 0 radical (unpaired) electrons. The maximum Gasteiger partial charge on any atom is 0.322 e. The van der Waals surface area contributed by atoms with Crippen molar-refractivity contribution in [2.75, 3.05) is 11.1 Å². The minimum absolute atomic E-state index is 0.0370. The van der Waals surface area contributed by atoms with Crippen molar-refractivity contribution >= 4 is 23.7 Å². The van der Waals surface area contributed by atoms with E-state index in [2.05, 4.69) is 25.7 Å². The van der Waals surface area contributed by atoms with E-state index in [-0.39, 0.29) is 17.7 Å². The number of carbonyl (C=O) groups excluding carboxylic acids is 1. The van der Waals surface area contributed by atoms with Crippen LogP contribution >= 0.6 is 11.8 Å². The van der Waals surface area contributed by atoms with E-state index in [1.165, 1.54) is 0 Å². The number of thioether (sulfide) groups is 1. The number of hydrogen-bond acceptors (Lipinski definition) is 8. The third-order valence-electron chi connectivity index (χ3n) is 3.45. The second-order valence-corrected chi connectivity index (χ2v) is 6.28. The Hall–Kier alpha value is -3.46. The summed E-state index contributed by atoms with van der Waals surface area (Å²) in [5.74, 6) is 0.494. The normalized spacial score (nSPS) is 10.7. The van der Waals surface area contributed by atoms with Crippen molar-refractivity contribution < 1.29 is 13.6 Å². The molecule has 0 aliphatic rings. The molecule has 1 amide bonds. The lowest BCUT2D eigenvalue weighted by atomic mass is 10.2. The van der Waals surface area contributed by atoms with Crippen LogP contribution in [0.15, 0.2) is 74.7 Å². The van der Waals surface area contributed by atoms with E-state index >= 15 is 0 Å². The van der Waals surface area contributed by atoms with Gasteiger partial charge in [0.15, 0.2) is 0 Å². The second kappa shape index (κ2) is 7.83. The standard InChI is InChI=1S/C18H13N5O3S/c24-14(19-17-22-20-15(25-17)12-7-3-1-4-8-12)11-27-18-23-21-16(26-18)13-9-5-2-6-10-13/h1-10H,11H2,(H,19,22,24). The van der Waals surface area contributed by atoms with Gasteiger partial charge in [0.1, 0.15) is 0 Å². The van der Waals surface area contributed by atoms with Crippen LogP contribution in [-0.2, 0) is 4.79 Å². The quantitative estimate of drug-likeness (QED) is 0.507. The van der Waals surface area contributed by atoms with Gasteiger partial charge in [0.25, 0.3) is 5.22 Å². The summed E-state index contributed by atoms with van der Waals surface area (Å²) < 4.78 is 11.0. The molecule has 0 saturated heterocycles. The SMILES string of the molecule is O=C(CSc1nnc(-c2ccccc2)o1)Nc1nnc(-c2ccccc2)o1. The molecule has 2 aromatic heterocycles. The molecule has 2 heterocycles. The summed E-state index contributed by atoms with van der Waals surface area (Å²) in [6.45, 7) is 0. The van der Waals surface area contributed by atoms with Crippen molar-refractivity contribution in [1.29, 1.82) is 0 Å². The van der Waals surface area contributed by atoms with Gasteiger partial charge in [-0.2, -0.15) is 0 Å². The molecule has 0 bridgehead atoms. The van der Waals surface area contributed by atoms with Gasteiger partial charge >= 0.3 is 6.01 Å². The number of carbonyl (C=O) groups is 1. The number of aromatic nitrogens is 4. The van der Waals surface area contributed by atoms with Gasteiger partial charge in [0, 0.05) is 11.1 Å². The van der Waals surface area contributed by atoms with Crippen LogP contribution < -0.4 is 5.32 Å². The predicted molar refractivity (Wildman–Crippen MR) is 98.8 cm³/mol. The van der Waals surface area contributed by atoms with Gasteiger partial charge in [-0.25, -0.2) is 0 Å². The van der Waals surface area contributed by atoms with E-state index in [4.69, 9.17) is 8.83 Å². The Morgan fingerprint density at radius 2 is 1.41 bits per heavy atom. The van der Waals surface area contributed by atoms with Gasteiger partial charge in [-0.05, 0) is 24.3 Å². The summed E-state index contributed by atoms with van der Waals surface area (Å²) in [5.41, 5.74) is 1.60. The number of amides is 1. The van der Waals surface area contributed by atoms with E-state index in [0.717, 1.165) is 22.9 Å². The molecule has 0 saturated carbocycles. The maximum atomic E-state index is 12.1. The van der Waals surface area contributed by atoms with Crippen molar-refractivity contribution in [2.45, 2.75) is 5.22 Å². The first-order chi connectivity index (χ1) is 13.3. The van der Waals surface area contributed by atoms with Gasteiger partial charge in [-0.15, -0.1) is 15.3 Å². The molecule has 4 rings (SSSR count). The number of benzene rings is 2. The highest BCUT2D eigenvalue weighted by molar-refractivity contribution is 7.99. The van der Waals surface area contributed by atoms with Crippen molar-refractivity contribution in [2.24, 2.45) is 0 Å². The summed E-state index contributed by atoms with van der Waals surface area (Å²) in [6, 6.07) is 18.7. The van der Waals surface area contributed by atoms with Gasteiger partial charge in [-0.1, -0.05) is 53.3 Å². The molecule has 0 aliphatic carbocycles. The lowest BCUT2D eigenvalue weighted by Crippen LogP contribution is -2.14. The fourth-order valence-corrected chi connectivity index (χ4v) is 2.78. The van der Waals surface area contributed by atoms with E-state index in [1.54, 1.807) is 0 Å². The third kappa shape index (κ3) is 4.21. The van der Waals surface area contributed by atoms with Crippen molar-refractivity contribution in [3.8, 4) is 22.9 Å². The van der Waals surface area contributed by atoms with E-state index in [0.29, 0.717) is 17.0 Å². The minimum Gasteiger partial charge on any atom is -0.411 e. The Morgan fingerprint density at radius 1 is 0.815 bits per heavy atom. The lowest BCUT2D eigenvalue weighted by Gasteiger charge is -1.98. The van der Waals surface area contributed by atoms with Gasteiger partial charge < -0.3 is 8.83 Å². The number of hydrogen-bond donors (Lipinski definition) is 1. The molecular formula is C18H13N5O3S. The molecule has 0 aliphatic heterocycles. The summed E-state index contributed by atoms with van der Waals surface area (Å²) in [4.78, 5) is 12.1. The Morgan fingerprint density at radius 3 is 2.07 bits per heavy atom. The number of nitrogens with one attached hydrogen (secondary N) is 1. The molecule has 8 nitrogen and oxygen atoms in total. The fourth-order valence-electron chi connectivity index (χ4n) is 2.22. The first-order valence-electron chi connectivity index (χ1n) is 7.98. The monoisotopic (exact) mass is 379 g/mol. The molecule has 4 aromatic rings. The topological polar surface area (TPSA) is 107 Å². The summed E-state index contributed by atoms with van der Waals surface area (Å²) in [6.07, 6.45) is 0. The maximum absolute atomic E-state index is 12.1. The zero-order chi connectivity index (χ0) is 18.5. The average molecular weight is 379 g/mol. The van der Waals surface area contributed by atoms with E-state index in [9.17, 15) is 4.79 Å². The third-order valence-corrected chi connectivity index (χ3v) is 4.26. The van der Waals surface area contributed by atoms with Crippen LogP contribution in [0, 0.1) is 0 Å². The number of anilines is 1. The van der Waals surface area contributed by atoms with Crippen LogP contribution in [0.4, 0.5) is 6.01 Å². The molecule has 1 N–H and O–H groups in total. The minimum atomic E-state index is -0.317. The second-order valence-electron chi connectivity index (χ2n) is 5.35. The van der Waals surface area contributed by atoms with Crippen molar-refractivity contribution in [3.63, 3.8) is 0 Å². The first kappa shape index (κ1) is 17.0. The number of nitrogens with zero attached hydrogens (tertiary/aromatic N) is 4. The Kier molecular flexibility index (Phi) is 4.93. The summed E-state index contributed by atoms with van der Waals surface area (Å²) in [7, 11) is 0.